The molecule has 10 nitrogen and oxygen atoms in total. The number of likely N-dealkylation sites (N-methyl/N-ethyl adjacent to an activating group) is 1. The van der Waals surface area contributed by atoms with E-state index in [1.54, 1.807) is 9.58 Å². The van der Waals surface area contributed by atoms with Crippen LogP contribution in [-0.4, -0.2) is 65.0 Å². The van der Waals surface area contributed by atoms with Crippen molar-refractivity contribution in [3.63, 3.8) is 0 Å². The van der Waals surface area contributed by atoms with E-state index in [0.717, 1.165) is 17.7 Å². The molecule has 10 heteroatoms. The molecule has 2 atom stereocenters. The Hall–Kier alpha value is -3.27. The van der Waals surface area contributed by atoms with E-state index in [2.05, 4.69) is 25.3 Å². The van der Waals surface area contributed by atoms with Crippen LogP contribution in [0.5, 0.6) is 0 Å². The lowest BCUT2D eigenvalue weighted by molar-refractivity contribution is -0.123. The fourth-order valence-electron chi connectivity index (χ4n) is 3.70. The Morgan fingerprint density at radius 1 is 1.37 bits per heavy atom. The number of benzene rings is 1. The van der Waals surface area contributed by atoms with Crippen LogP contribution in [0.3, 0.4) is 0 Å². The summed E-state index contributed by atoms with van der Waals surface area (Å²) in [7, 11) is 3.98. The molecular formula is C20H26N6O4. The van der Waals surface area contributed by atoms with Crippen LogP contribution in [0.15, 0.2) is 24.4 Å². The zero-order chi connectivity index (χ0) is 21.8. The van der Waals surface area contributed by atoms with Gasteiger partial charge in [0.2, 0.25) is 5.91 Å². The number of amides is 2. The maximum atomic E-state index is 12.2. The second-order valence-corrected chi connectivity index (χ2v) is 7.62. The second-order valence-electron chi connectivity index (χ2n) is 7.62. The minimum absolute atomic E-state index is 0.0833. The molecule has 0 saturated carbocycles. The van der Waals surface area contributed by atoms with E-state index in [1.807, 2.05) is 45.4 Å². The van der Waals surface area contributed by atoms with Gasteiger partial charge in [-0.25, -0.2) is 4.79 Å². The van der Waals surface area contributed by atoms with Gasteiger partial charge in [0.15, 0.2) is 0 Å². The van der Waals surface area contributed by atoms with Gasteiger partial charge < -0.3 is 19.9 Å². The summed E-state index contributed by atoms with van der Waals surface area (Å²) in [5.41, 5.74) is 2.98. The number of carbonyl (C=O) groups is 3. The largest absolute Gasteiger partial charge is 0.415 e. The topological polar surface area (TPSA) is 110 Å². The van der Waals surface area contributed by atoms with E-state index in [-0.39, 0.29) is 18.4 Å². The van der Waals surface area contributed by atoms with Gasteiger partial charge in [-0.05, 0) is 45.1 Å². The van der Waals surface area contributed by atoms with Crippen LogP contribution in [0, 0.1) is 0 Å². The molecule has 0 radical (unpaired) electrons. The number of aromatic nitrogens is 3. The van der Waals surface area contributed by atoms with Crippen molar-refractivity contribution in [2.24, 2.45) is 0 Å². The fourth-order valence-corrected chi connectivity index (χ4v) is 3.70. The molecule has 1 aliphatic rings. The number of rotatable bonds is 6. The number of alkyl carbamates (subject to hydrolysis) is 1. The first-order chi connectivity index (χ1) is 14.3. The van der Waals surface area contributed by atoms with Crippen molar-refractivity contribution in [3.05, 3.63) is 30.0 Å². The first kappa shape index (κ1) is 21.4. The molecule has 2 aromatic rings. The third-order valence-corrected chi connectivity index (χ3v) is 5.08. The average molecular weight is 414 g/mol. The van der Waals surface area contributed by atoms with E-state index in [4.69, 9.17) is 0 Å². The van der Waals surface area contributed by atoms with E-state index in [0.29, 0.717) is 24.3 Å². The van der Waals surface area contributed by atoms with Crippen LogP contribution in [0.25, 0.3) is 11.3 Å². The highest BCUT2D eigenvalue weighted by molar-refractivity contribution is 5.94. The van der Waals surface area contributed by atoms with Gasteiger partial charge in [0.05, 0.1) is 18.8 Å². The minimum Gasteiger partial charge on any atom is -0.379 e. The first-order valence-electron chi connectivity index (χ1n) is 9.70. The Labute approximate surface area is 174 Å². The Kier molecular flexibility index (Phi) is 6.46. The molecule has 3 rings (SSSR count). The summed E-state index contributed by atoms with van der Waals surface area (Å²) in [6.07, 6.45) is 1.52. The summed E-state index contributed by atoms with van der Waals surface area (Å²) in [6, 6.07) is 5.08. The van der Waals surface area contributed by atoms with Gasteiger partial charge in [-0.1, -0.05) is 11.3 Å². The van der Waals surface area contributed by atoms with Gasteiger partial charge >= 0.3 is 12.6 Å². The summed E-state index contributed by atoms with van der Waals surface area (Å²) >= 11 is 0. The lowest BCUT2D eigenvalue weighted by atomic mass is 9.90. The number of hydrogen-bond donors (Lipinski definition) is 1. The highest BCUT2D eigenvalue weighted by Gasteiger charge is 2.33. The number of hydrogen-bond acceptors (Lipinski definition) is 7. The molecule has 1 aliphatic heterocycles. The monoisotopic (exact) mass is 414 g/mol. The maximum Gasteiger partial charge on any atom is 0.415 e. The van der Waals surface area contributed by atoms with E-state index in [1.165, 1.54) is 6.92 Å². The van der Waals surface area contributed by atoms with Gasteiger partial charge in [-0.15, -0.1) is 5.10 Å². The van der Waals surface area contributed by atoms with Gasteiger partial charge in [0, 0.05) is 30.8 Å². The van der Waals surface area contributed by atoms with E-state index < -0.39 is 12.1 Å². The van der Waals surface area contributed by atoms with Crippen molar-refractivity contribution < 1.29 is 19.1 Å². The lowest BCUT2D eigenvalue weighted by Gasteiger charge is -2.39. The summed E-state index contributed by atoms with van der Waals surface area (Å²) < 4.78 is 6.17. The summed E-state index contributed by atoms with van der Waals surface area (Å²) in [4.78, 5) is 38.3. The van der Waals surface area contributed by atoms with Crippen molar-refractivity contribution in [1.82, 2.24) is 25.2 Å². The Morgan fingerprint density at radius 3 is 2.80 bits per heavy atom. The van der Waals surface area contributed by atoms with Gasteiger partial charge in [0.25, 0.3) is 0 Å². The quantitative estimate of drug-likeness (QED) is 0.564. The van der Waals surface area contributed by atoms with Crippen LogP contribution in [-0.2, 0) is 20.9 Å². The number of fused-ring (bicyclic) bond motifs is 1. The SMILES string of the molecule is CC(=O)N1c2ccc(-c3cn(CCN(C)C)nn3)cc2[C@H](NC(=O)OC=O)C[C@@H]1C. The minimum atomic E-state index is -0.829. The third kappa shape index (κ3) is 4.65. The number of carbonyl (C=O) groups excluding carboxylic acids is 3. The average Bonchev–Trinajstić information content (AvgIpc) is 3.15. The van der Waals surface area contributed by atoms with Crippen LogP contribution in [0.1, 0.15) is 31.9 Å². The maximum absolute atomic E-state index is 12.2. The van der Waals surface area contributed by atoms with Crippen LogP contribution < -0.4 is 10.2 Å². The van der Waals surface area contributed by atoms with Gasteiger partial charge in [-0.3, -0.25) is 14.3 Å². The van der Waals surface area contributed by atoms with Crippen LogP contribution >= 0.6 is 0 Å². The summed E-state index contributed by atoms with van der Waals surface area (Å²) in [6.45, 7) is 5.06. The summed E-state index contributed by atoms with van der Waals surface area (Å²) in [5.74, 6) is -0.0833. The van der Waals surface area contributed by atoms with Crippen LogP contribution in [0.2, 0.25) is 0 Å². The Bertz CT molecular complexity index is 941. The number of nitrogens with one attached hydrogen (secondary N) is 1. The molecule has 1 aromatic heterocycles. The predicted molar refractivity (Wildman–Crippen MR) is 110 cm³/mol. The summed E-state index contributed by atoms with van der Waals surface area (Å²) in [5, 5.41) is 11.1. The van der Waals surface area contributed by atoms with Crippen molar-refractivity contribution in [3.8, 4) is 11.3 Å². The molecule has 0 aliphatic carbocycles. The smallest absolute Gasteiger partial charge is 0.379 e. The Morgan fingerprint density at radius 2 is 2.13 bits per heavy atom. The van der Waals surface area contributed by atoms with Gasteiger partial charge in [-0.2, -0.15) is 0 Å². The molecule has 2 heterocycles. The Balaban J connectivity index is 1.95. The molecule has 0 saturated heterocycles. The van der Waals surface area contributed by atoms with E-state index in [9.17, 15) is 14.4 Å². The van der Waals surface area contributed by atoms with E-state index >= 15 is 0 Å². The standard InChI is InChI=1S/C20H26N6O4/c1-13-9-17(21-20(29)30-12-27)16-10-15(5-6-19(16)26(13)14(2)28)18-11-25(23-22-18)8-7-24(3)4/h5-6,10-13,17H,7-9H2,1-4H3,(H,21,29)/t13-,17+/m0/s1. The highest BCUT2D eigenvalue weighted by Crippen LogP contribution is 2.39. The highest BCUT2D eigenvalue weighted by atomic mass is 16.6. The fraction of sp³-hybridized carbons (Fsp3) is 0.450. The molecule has 160 valence electrons. The molecule has 0 spiro atoms. The zero-order valence-electron chi connectivity index (χ0n) is 17.5. The van der Waals surface area contributed by atoms with Crippen molar-refractivity contribution in [2.75, 3.05) is 25.5 Å². The normalized spacial score (nSPS) is 18.1. The molecule has 2 amide bonds. The molecule has 30 heavy (non-hydrogen) atoms. The molecule has 1 N–H and O–H groups in total. The molecular weight excluding hydrogens is 388 g/mol. The van der Waals surface area contributed by atoms with Gasteiger partial charge in [0.1, 0.15) is 5.69 Å². The van der Waals surface area contributed by atoms with Crippen molar-refractivity contribution in [2.45, 2.75) is 38.9 Å². The number of nitrogens with zero attached hydrogens (tertiary/aromatic N) is 5. The third-order valence-electron chi connectivity index (χ3n) is 5.08. The lowest BCUT2D eigenvalue weighted by Crippen LogP contribution is -2.45. The second kappa shape index (κ2) is 9.04. The molecule has 0 unspecified atom stereocenters. The number of ether oxygens (including phenoxy) is 1. The predicted octanol–water partition coefficient (Wildman–Crippen LogP) is 1.58. The van der Waals surface area contributed by atoms with Crippen LogP contribution in [0.4, 0.5) is 10.5 Å². The molecule has 0 fully saturated rings. The molecule has 1 aromatic carbocycles. The van der Waals surface area contributed by atoms with Crippen molar-refractivity contribution >= 4 is 24.2 Å². The molecule has 0 bridgehead atoms. The number of anilines is 1. The zero-order valence-corrected chi connectivity index (χ0v) is 17.5. The first-order valence-corrected chi connectivity index (χ1v) is 9.70. The van der Waals surface area contributed by atoms with Crippen molar-refractivity contribution in [1.29, 1.82) is 0 Å².